The summed E-state index contributed by atoms with van der Waals surface area (Å²) in [5.41, 5.74) is 1.30. The number of ether oxygens (including phenoxy) is 1. The van der Waals surface area contributed by atoms with E-state index in [1.165, 1.54) is 17.2 Å². The molecule has 2 heterocycles. The molecular formula is C20H21ClN4O4. The first-order valence-electron chi connectivity index (χ1n) is 9.04. The fourth-order valence-corrected chi connectivity index (χ4v) is 3.17. The van der Waals surface area contributed by atoms with Gasteiger partial charge in [0.15, 0.2) is 5.76 Å². The van der Waals surface area contributed by atoms with Gasteiger partial charge in [-0.2, -0.15) is 0 Å². The van der Waals surface area contributed by atoms with Gasteiger partial charge in [-0.15, -0.1) is 11.6 Å². The van der Waals surface area contributed by atoms with Crippen LogP contribution in [-0.4, -0.2) is 54.9 Å². The summed E-state index contributed by atoms with van der Waals surface area (Å²) < 4.78 is 10.4. The minimum atomic E-state index is -0.941. The number of carbonyl (C=O) groups is 2. The molecule has 1 aliphatic rings. The van der Waals surface area contributed by atoms with E-state index in [-0.39, 0.29) is 17.8 Å². The number of rotatable bonds is 8. The van der Waals surface area contributed by atoms with Crippen molar-refractivity contribution in [3.63, 3.8) is 0 Å². The van der Waals surface area contributed by atoms with Crippen molar-refractivity contribution < 1.29 is 18.8 Å². The van der Waals surface area contributed by atoms with E-state index in [2.05, 4.69) is 22.2 Å². The van der Waals surface area contributed by atoms with Crippen LogP contribution < -0.4 is 10.2 Å². The third-order valence-electron chi connectivity index (χ3n) is 4.45. The van der Waals surface area contributed by atoms with E-state index in [0.717, 1.165) is 12.0 Å². The number of nitrogens with zero attached hydrogens (tertiary/aromatic N) is 3. The smallest absolute Gasteiger partial charge is 0.247 e. The molecule has 29 heavy (non-hydrogen) atoms. The van der Waals surface area contributed by atoms with Gasteiger partial charge in [-0.05, 0) is 43.5 Å². The topological polar surface area (TPSA) is 97.0 Å². The molecule has 1 unspecified atom stereocenters. The number of hydrogen-bond donors (Lipinski definition) is 1. The van der Waals surface area contributed by atoms with Gasteiger partial charge >= 0.3 is 0 Å². The number of anilines is 1. The van der Waals surface area contributed by atoms with Gasteiger partial charge in [0, 0.05) is 30.1 Å². The Hall–Kier alpha value is -2.97. The van der Waals surface area contributed by atoms with Crippen LogP contribution in [0.1, 0.15) is 6.42 Å². The standard InChI is InChI=1S/C20H21ClN4O4/c1-22-9-6-17(20(27)24-15-8-11-28-13-15)25(19(26)12-21)16-4-2-14(3-5-16)18-7-10-23-29-18/h2-7,9-10,15,17H,1,8,11-13H2,(H,24,27)/b9-6+/t15-,17?/m0/s1. The molecule has 0 aliphatic carbocycles. The predicted molar refractivity (Wildman–Crippen MR) is 110 cm³/mol. The van der Waals surface area contributed by atoms with Crippen molar-refractivity contribution in [3.8, 4) is 11.3 Å². The third kappa shape index (κ3) is 5.10. The van der Waals surface area contributed by atoms with Crippen molar-refractivity contribution in [1.29, 1.82) is 0 Å². The highest BCUT2D eigenvalue weighted by Gasteiger charge is 2.31. The Morgan fingerprint density at radius 2 is 2.17 bits per heavy atom. The van der Waals surface area contributed by atoms with Crippen molar-refractivity contribution >= 4 is 35.8 Å². The van der Waals surface area contributed by atoms with Crippen molar-refractivity contribution in [1.82, 2.24) is 10.5 Å². The molecule has 152 valence electrons. The van der Waals surface area contributed by atoms with Gasteiger partial charge in [0.25, 0.3) is 0 Å². The van der Waals surface area contributed by atoms with Crippen LogP contribution in [0.3, 0.4) is 0 Å². The van der Waals surface area contributed by atoms with Crippen LogP contribution in [0.25, 0.3) is 11.3 Å². The molecule has 2 atom stereocenters. The van der Waals surface area contributed by atoms with Crippen LogP contribution in [0.15, 0.2) is 58.3 Å². The first kappa shape index (κ1) is 20.8. The van der Waals surface area contributed by atoms with Crippen molar-refractivity contribution in [3.05, 3.63) is 48.8 Å². The van der Waals surface area contributed by atoms with Crippen molar-refractivity contribution in [2.24, 2.45) is 4.99 Å². The summed E-state index contributed by atoms with van der Waals surface area (Å²) in [4.78, 5) is 30.6. The highest BCUT2D eigenvalue weighted by Crippen LogP contribution is 2.25. The second kappa shape index (κ2) is 9.99. The Bertz CT molecular complexity index is 861. The number of halogens is 1. The molecule has 9 heteroatoms. The van der Waals surface area contributed by atoms with Gasteiger partial charge in [0.1, 0.15) is 11.9 Å². The van der Waals surface area contributed by atoms with Gasteiger partial charge in [-0.1, -0.05) is 5.16 Å². The van der Waals surface area contributed by atoms with Crippen LogP contribution in [0.5, 0.6) is 0 Å². The number of amides is 2. The molecule has 1 saturated heterocycles. The van der Waals surface area contributed by atoms with Crippen LogP contribution in [0.4, 0.5) is 5.69 Å². The number of nitrogens with one attached hydrogen (secondary N) is 1. The van der Waals surface area contributed by atoms with E-state index < -0.39 is 11.9 Å². The number of alkyl halides is 1. The van der Waals surface area contributed by atoms with Crippen molar-refractivity contribution in [2.75, 3.05) is 24.0 Å². The fraction of sp³-hybridized carbons (Fsp3) is 0.300. The predicted octanol–water partition coefficient (Wildman–Crippen LogP) is 2.40. The van der Waals surface area contributed by atoms with E-state index in [1.54, 1.807) is 36.5 Å². The molecule has 2 aromatic rings. The maximum atomic E-state index is 13.0. The van der Waals surface area contributed by atoms with Crippen molar-refractivity contribution in [2.45, 2.75) is 18.5 Å². The fourth-order valence-electron chi connectivity index (χ4n) is 3.04. The average molecular weight is 417 g/mol. The SMILES string of the molecule is C=N/C=C/C(C(=O)N[C@H]1CCOC1)N(C(=O)CCl)c1ccc(-c2ccno2)cc1. The van der Waals surface area contributed by atoms with Crippen LogP contribution in [0.2, 0.25) is 0 Å². The number of aromatic nitrogens is 1. The second-order valence-electron chi connectivity index (χ2n) is 6.36. The Morgan fingerprint density at radius 3 is 2.76 bits per heavy atom. The summed E-state index contributed by atoms with van der Waals surface area (Å²) in [6, 6.07) is 7.68. The zero-order chi connectivity index (χ0) is 20.6. The van der Waals surface area contributed by atoms with E-state index in [1.807, 2.05) is 0 Å². The normalized spacial score (nSPS) is 17.2. The lowest BCUT2D eigenvalue weighted by Gasteiger charge is -2.29. The molecule has 1 aliphatic heterocycles. The summed E-state index contributed by atoms with van der Waals surface area (Å²) in [6.45, 7) is 4.43. The molecule has 0 bridgehead atoms. The number of aliphatic imine (C=N–C) groups is 1. The summed E-state index contributed by atoms with van der Waals surface area (Å²) in [5.74, 6) is -0.456. The highest BCUT2D eigenvalue weighted by molar-refractivity contribution is 6.30. The van der Waals surface area contributed by atoms with E-state index in [4.69, 9.17) is 20.9 Å². The van der Waals surface area contributed by atoms with Gasteiger partial charge < -0.3 is 14.6 Å². The second-order valence-corrected chi connectivity index (χ2v) is 6.63. The first-order chi connectivity index (χ1) is 14.1. The molecule has 0 radical (unpaired) electrons. The summed E-state index contributed by atoms with van der Waals surface area (Å²) in [6.07, 6.45) is 5.16. The number of benzene rings is 1. The Morgan fingerprint density at radius 1 is 1.38 bits per heavy atom. The molecule has 3 rings (SSSR count). The van der Waals surface area contributed by atoms with Gasteiger partial charge in [-0.25, -0.2) is 0 Å². The largest absolute Gasteiger partial charge is 0.379 e. The lowest BCUT2D eigenvalue weighted by atomic mass is 10.1. The summed E-state index contributed by atoms with van der Waals surface area (Å²) in [7, 11) is 0. The molecule has 1 fully saturated rings. The highest BCUT2D eigenvalue weighted by atomic mass is 35.5. The lowest BCUT2D eigenvalue weighted by molar-refractivity contribution is -0.125. The van der Waals surface area contributed by atoms with E-state index in [9.17, 15) is 9.59 Å². The maximum Gasteiger partial charge on any atom is 0.247 e. The average Bonchev–Trinajstić information content (AvgIpc) is 3.45. The summed E-state index contributed by atoms with van der Waals surface area (Å²) >= 11 is 5.84. The number of hydrogen-bond acceptors (Lipinski definition) is 6. The zero-order valence-electron chi connectivity index (χ0n) is 15.7. The van der Waals surface area contributed by atoms with Crippen LogP contribution >= 0.6 is 11.6 Å². The molecular weight excluding hydrogens is 396 g/mol. The molecule has 2 amide bonds. The molecule has 1 aromatic heterocycles. The first-order valence-corrected chi connectivity index (χ1v) is 9.57. The Balaban J connectivity index is 1.90. The van der Waals surface area contributed by atoms with Gasteiger partial charge in [-0.3, -0.25) is 19.5 Å². The van der Waals surface area contributed by atoms with Gasteiger partial charge in [0.05, 0.1) is 18.8 Å². The molecule has 8 nitrogen and oxygen atoms in total. The van der Waals surface area contributed by atoms with Gasteiger partial charge in [0.2, 0.25) is 11.8 Å². The van der Waals surface area contributed by atoms with Crippen LogP contribution in [-0.2, 0) is 14.3 Å². The summed E-state index contributed by atoms with van der Waals surface area (Å²) in [5, 5.41) is 6.60. The van der Waals surface area contributed by atoms with Crippen LogP contribution in [0, 0.1) is 0 Å². The third-order valence-corrected chi connectivity index (χ3v) is 4.68. The Kier molecular flexibility index (Phi) is 7.15. The maximum absolute atomic E-state index is 13.0. The monoisotopic (exact) mass is 416 g/mol. The Labute approximate surface area is 173 Å². The molecule has 1 N–H and O–H groups in total. The quantitative estimate of drug-likeness (QED) is 0.526. The molecule has 0 saturated carbocycles. The molecule has 1 aromatic carbocycles. The minimum Gasteiger partial charge on any atom is -0.379 e. The van der Waals surface area contributed by atoms with E-state index >= 15 is 0 Å². The number of carbonyl (C=O) groups excluding carboxylic acids is 2. The minimum absolute atomic E-state index is 0.100. The van der Waals surface area contributed by atoms with E-state index in [0.29, 0.717) is 24.7 Å². The lowest BCUT2D eigenvalue weighted by Crippen LogP contribution is -2.51. The zero-order valence-corrected chi connectivity index (χ0v) is 16.4. The molecule has 0 spiro atoms.